The number of aliphatic carboxylic acids is 1. The molecule has 1 heterocycles. The van der Waals surface area contributed by atoms with E-state index >= 15 is 0 Å². The molecule has 1 saturated heterocycles. The third-order valence-electron chi connectivity index (χ3n) is 2.55. The maximum Gasteiger partial charge on any atom is 0.326 e. The molecule has 6 nitrogen and oxygen atoms in total. The Morgan fingerprint density at radius 2 is 2.24 bits per heavy atom. The number of alkyl halides is 2. The maximum absolute atomic E-state index is 11.9. The van der Waals surface area contributed by atoms with Crippen LogP contribution in [0.2, 0.25) is 0 Å². The lowest BCUT2D eigenvalue weighted by atomic mass is 10.2. The van der Waals surface area contributed by atoms with Gasteiger partial charge < -0.3 is 20.1 Å². The Morgan fingerprint density at radius 3 is 2.71 bits per heavy atom. The van der Waals surface area contributed by atoms with E-state index in [1.165, 1.54) is 7.11 Å². The molecule has 2 atom stereocenters. The second-order valence-electron chi connectivity index (χ2n) is 3.68. The van der Waals surface area contributed by atoms with Gasteiger partial charge in [0.25, 0.3) is 6.43 Å². The van der Waals surface area contributed by atoms with Crippen LogP contribution in [0.1, 0.15) is 6.42 Å². The number of urea groups is 1. The fourth-order valence-corrected chi connectivity index (χ4v) is 1.69. The summed E-state index contributed by atoms with van der Waals surface area (Å²) in [6.45, 7) is -0.706. The molecule has 1 aliphatic heterocycles. The number of carbonyl (C=O) groups excluding carboxylic acids is 1. The van der Waals surface area contributed by atoms with Gasteiger partial charge in [-0.15, -0.1) is 0 Å². The van der Waals surface area contributed by atoms with Gasteiger partial charge in [-0.1, -0.05) is 0 Å². The van der Waals surface area contributed by atoms with Gasteiger partial charge in [0.1, 0.15) is 6.04 Å². The van der Waals surface area contributed by atoms with E-state index in [0.717, 1.165) is 4.90 Å². The number of carboxylic acid groups (broad SMARTS) is 1. The number of nitrogens with zero attached hydrogens (tertiary/aromatic N) is 1. The summed E-state index contributed by atoms with van der Waals surface area (Å²) in [5, 5.41) is 10.9. The predicted molar refractivity (Wildman–Crippen MR) is 52.9 cm³/mol. The van der Waals surface area contributed by atoms with Crippen molar-refractivity contribution in [1.82, 2.24) is 10.2 Å². The van der Waals surface area contributed by atoms with Crippen molar-refractivity contribution < 1.29 is 28.2 Å². The van der Waals surface area contributed by atoms with Gasteiger partial charge in [-0.05, 0) is 0 Å². The van der Waals surface area contributed by atoms with Crippen molar-refractivity contribution in [2.45, 2.75) is 25.0 Å². The number of amides is 2. The van der Waals surface area contributed by atoms with Crippen LogP contribution < -0.4 is 5.32 Å². The summed E-state index contributed by atoms with van der Waals surface area (Å²) in [5.74, 6) is -1.17. The van der Waals surface area contributed by atoms with E-state index in [9.17, 15) is 18.4 Å². The molecule has 2 unspecified atom stereocenters. The van der Waals surface area contributed by atoms with Crippen LogP contribution in [-0.4, -0.2) is 60.8 Å². The lowest BCUT2D eigenvalue weighted by Crippen LogP contribution is -2.47. The van der Waals surface area contributed by atoms with Crippen LogP contribution in [0.25, 0.3) is 0 Å². The van der Waals surface area contributed by atoms with Crippen molar-refractivity contribution in [2.24, 2.45) is 0 Å². The highest BCUT2D eigenvalue weighted by Gasteiger charge is 2.39. The first kappa shape index (κ1) is 13.6. The highest BCUT2D eigenvalue weighted by molar-refractivity contribution is 5.83. The number of halogens is 2. The molecule has 0 spiro atoms. The number of carboxylic acids is 1. The van der Waals surface area contributed by atoms with Crippen molar-refractivity contribution in [3.63, 3.8) is 0 Å². The molecule has 2 N–H and O–H groups in total. The minimum absolute atomic E-state index is 0.0859. The van der Waals surface area contributed by atoms with Crippen molar-refractivity contribution in [2.75, 3.05) is 20.2 Å². The smallest absolute Gasteiger partial charge is 0.326 e. The molecule has 0 aromatic carbocycles. The van der Waals surface area contributed by atoms with E-state index in [1.807, 2.05) is 5.32 Å². The molecule has 1 fully saturated rings. The van der Waals surface area contributed by atoms with Crippen molar-refractivity contribution in [3.8, 4) is 0 Å². The van der Waals surface area contributed by atoms with Gasteiger partial charge in [0.05, 0.1) is 12.6 Å². The van der Waals surface area contributed by atoms with E-state index in [4.69, 9.17) is 9.84 Å². The third kappa shape index (κ3) is 3.52. The predicted octanol–water partition coefficient (Wildman–Crippen LogP) is 0.135. The van der Waals surface area contributed by atoms with E-state index < -0.39 is 31.0 Å². The summed E-state index contributed by atoms with van der Waals surface area (Å²) in [5.41, 5.74) is 0. The summed E-state index contributed by atoms with van der Waals surface area (Å²) < 4.78 is 28.8. The van der Waals surface area contributed by atoms with E-state index in [-0.39, 0.29) is 19.1 Å². The fraction of sp³-hybridized carbons (Fsp3) is 0.778. The lowest BCUT2D eigenvalue weighted by molar-refractivity contribution is -0.141. The van der Waals surface area contributed by atoms with Crippen molar-refractivity contribution >= 4 is 12.0 Å². The molecule has 98 valence electrons. The quantitative estimate of drug-likeness (QED) is 0.745. The summed E-state index contributed by atoms with van der Waals surface area (Å²) >= 11 is 0. The first-order chi connectivity index (χ1) is 7.95. The molecule has 2 amide bonds. The van der Waals surface area contributed by atoms with Crippen LogP contribution in [0.3, 0.4) is 0 Å². The molecule has 0 aliphatic carbocycles. The summed E-state index contributed by atoms with van der Waals surface area (Å²) in [7, 11) is 1.41. The summed E-state index contributed by atoms with van der Waals surface area (Å²) in [4.78, 5) is 23.4. The molecule has 1 rings (SSSR count). The van der Waals surface area contributed by atoms with Gasteiger partial charge in [0.2, 0.25) is 0 Å². The summed E-state index contributed by atoms with van der Waals surface area (Å²) in [6, 6.07) is -1.84. The molecule has 8 heteroatoms. The monoisotopic (exact) mass is 252 g/mol. The minimum atomic E-state index is -2.66. The fourth-order valence-electron chi connectivity index (χ4n) is 1.69. The molecule has 0 saturated carbocycles. The van der Waals surface area contributed by atoms with Crippen LogP contribution in [0.15, 0.2) is 0 Å². The second-order valence-corrected chi connectivity index (χ2v) is 3.68. The van der Waals surface area contributed by atoms with Crippen LogP contribution >= 0.6 is 0 Å². The normalized spacial score (nSPS) is 24.1. The largest absolute Gasteiger partial charge is 0.480 e. The van der Waals surface area contributed by atoms with E-state index in [1.54, 1.807) is 0 Å². The van der Waals surface area contributed by atoms with Crippen molar-refractivity contribution in [3.05, 3.63) is 0 Å². The first-order valence-electron chi connectivity index (χ1n) is 5.04. The number of nitrogens with one attached hydrogen (secondary N) is 1. The average Bonchev–Trinajstić information content (AvgIpc) is 2.69. The highest BCUT2D eigenvalue weighted by Crippen LogP contribution is 2.20. The van der Waals surface area contributed by atoms with Gasteiger partial charge in [-0.3, -0.25) is 0 Å². The zero-order valence-electron chi connectivity index (χ0n) is 9.23. The molecule has 0 aromatic heterocycles. The standard InChI is InChI=1S/C9H14F2N2O4/c1-17-5-2-6(8(14)15)13(4-5)9(16)12-3-7(10)11/h5-7H,2-4H2,1H3,(H,12,16)(H,14,15). The average molecular weight is 252 g/mol. The number of likely N-dealkylation sites (tertiary alicyclic amines) is 1. The van der Waals surface area contributed by atoms with Gasteiger partial charge in [-0.25, -0.2) is 18.4 Å². The van der Waals surface area contributed by atoms with Crippen LogP contribution in [0.5, 0.6) is 0 Å². The Morgan fingerprint density at radius 1 is 1.59 bits per heavy atom. The summed E-state index contributed by atoms with van der Waals surface area (Å²) in [6.07, 6.45) is -2.88. The first-order valence-corrected chi connectivity index (χ1v) is 5.04. The van der Waals surface area contributed by atoms with Gasteiger partial charge in [0.15, 0.2) is 0 Å². The Hall–Kier alpha value is -1.44. The number of hydrogen-bond acceptors (Lipinski definition) is 3. The van der Waals surface area contributed by atoms with Crippen LogP contribution in [-0.2, 0) is 9.53 Å². The SMILES string of the molecule is COC1CC(C(=O)O)N(C(=O)NCC(F)F)C1. The third-order valence-corrected chi connectivity index (χ3v) is 2.55. The zero-order valence-corrected chi connectivity index (χ0v) is 9.23. The molecule has 17 heavy (non-hydrogen) atoms. The van der Waals surface area contributed by atoms with Gasteiger partial charge in [0, 0.05) is 20.1 Å². The number of hydrogen-bond donors (Lipinski definition) is 2. The Balaban J connectivity index is 2.60. The van der Waals surface area contributed by atoms with Crippen LogP contribution in [0, 0.1) is 0 Å². The molecule has 0 radical (unpaired) electrons. The molecule has 0 aromatic rings. The second kappa shape index (κ2) is 5.76. The molecular formula is C9H14F2N2O4. The van der Waals surface area contributed by atoms with Crippen LogP contribution in [0.4, 0.5) is 13.6 Å². The Kier molecular flexibility index (Phi) is 4.62. The maximum atomic E-state index is 11.9. The van der Waals surface area contributed by atoms with Crippen molar-refractivity contribution in [1.29, 1.82) is 0 Å². The zero-order chi connectivity index (χ0) is 13.0. The van der Waals surface area contributed by atoms with Gasteiger partial charge in [-0.2, -0.15) is 0 Å². The van der Waals surface area contributed by atoms with E-state index in [0.29, 0.717) is 0 Å². The number of carbonyl (C=O) groups is 2. The van der Waals surface area contributed by atoms with Gasteiger partial charge >= 0.3 is 12.0 Å². The topological polar surface area (TPSA) is 78.9 Å². The molecular weight excluding hydrogens is 238 g/mol. The Bertz CT molecular complexity index is 301. The number of methoxy groups -OCH3 is 1. The lowest BCUT2D eigenvalue weighted by Gasteiger charge is -2.21. The highest BCUT2D eigenvalue weighted by atomic mass is 19.3. The van der Waals surface area contributed by atoms with E-state index in [2.05, 4.69) is 0 Å². The Labute approximate surface area is 96.5 Å². The number of ether oxygens (including phenoxy) is 1. The molecule has 0 bridgehead atoms. The number of rotatable bonds is 4. The molecule has 1 aliphatic rings. The minimum Gasteiger partial charge on any atom is -0.480 e.